The van der Waals surface area contributed by atoms with Crippen LogP contribution in [-0.2, 0) is 9.53 Å². The van der Waals surface area contributed by atoms with Crippen molar-refractivity contribution >= 4 is 5.97 Å². The molecule has 0 aromatic rings. The van der Waals surface area contributed by atoms with Crippen LogP contribution in [0.3, 0.4) is 0 Å². The maximum atomic E-state index is 11.7. The zero-order valence-electron chi connectivity index (χ0n) is 11.8. The molecule has 0 aliphatic rings. The third-order valence-corrected chi connectivity index (χ3v) is 2.84. The molecule has 0 rings (SSSR count). The summed E-state index contributed by atoms with van der Waals surface area (Å²) in [7, 11) is 0. The van der Waals surface area contributed by atoms with E-state index in [1.165, 1.54) is 0 Å². The molecule has 0 amide bonds. The smallest absolute Gasteiger partial charge is 0.323 e. The molecule has 0 heterocycles. The summed E-state index contributed by atoms with van der Waals surface area (Å²) in [4.78, 5) is 14.1. The Labute approximate surface area is 106 Å². The van der Waals surface area contributed by atoms with E-state index in [-0.39, 0.29) is 12.0 Å². The molecule has 17 heavy (non-hydrogen) atoms. The lowest BCUT2D eigenvalue weighted by atomic mass is 10.2. The highest BCUT2D eigenvalue weighted by Crippen LogP contribution is 2.00. The van der Waals surface area contributed by atoms with Crippen LogP contribution in [0.1, 0.15) is 40.5 Å². The van der Waals surface area contributed by atoms with E-state index in [4.69, 9.17) is 4.74 Å². The largest absolute Gasteiger partial charge is 0.465 e. The lowest BCUT2D eigenvalue weighted by molar-refractivity contribution is -0.145. The molecular weight excluding hydrogens is 216 g/mol. The SMILES string of the molecule is CCCNC(CCN(CC)CC)C(=O)OCC. The van der Waals surface area contributed by atoms with Crippen molar-refractivity contribution in [1.29, 1.82) is 0 Å². The van der Waals surface area contributed by atoms with E-state index in [1.807, 2.05) is 6.92 Å². The van der Waals surface area contributed by atoms with E-state index in [0.29, 0.717) is 6.61 Å². The Morgan fingerprint density at radius 2 is 1.88 bits per heavy atom. The number of hydrogen-bond acceptors (Lipinski definition) is 4. The van der Waals surface area contributed by atoms with Crippen molar-refractivity contribution in [2.75, 3.05) is 32.8 Å². The first kappa shape index (κ1) is 16.4. The Kier molecular flexibility index (Phi) is 10.2. The molecular formula is C13H28N2O2. The molecule has 0 aromatic carbocycles. The van der Waals surface area contributed by atoms with E-state index < -0.39 is 0 Å². The highest BCUT2D eigenvalue weighted by molar-refractivity contribution is 5.75. The highest BCUT2D eigenvalue weighted by atomic mass is 16.5. The van der Waals surface area contributed by atoms with Crippen LogP contribution in [0.5, 0.6) is 0 Å². The molecule has 0 fully saturated rings. The molecule has 4 heteroatoms. The van der Waals surface area contributed by atoms with Gasteiger partial charge in [0.15, 0.2) is 0 Å². The lowest BCUT2D eigenvalue weighted by Crippen LogP contribution is -2.41. The van der Waals surface area contributed by atoms with Gasteiger partial charge in [-0.1, -0.05) is 20.8 Å². The van der Waals surface area contributed by atoms with Gasteiger partial charge in [-0.15, -0.1) is 0 Å². The Morgan fingerprint density at radius 1 is 1.24 bits per heavy atom. The van der Waals surface area contributed by atoms with Crippen molar-refractivity contribution in [1.82, 2.24) is 10.2 Å². The van der Waals surface area contributed by atoms with Crippen LogP contribution >= 0.6 is 0 Å². The van der Waals surface area contributed by atoms with Gasteiger partial charge < -0.3 is 15.0 Å². The van der Waals surface area contributed by atoms with Gasteiger partial charge in [-0.2, -0.15) is 0 Å². The van der Waals surface area contributed by atoms with Crippen LogP contribution in [0, 0.1) is 0 Å². The van der Waals surface area contributed by atoms with Gasteiger partial charge in [0.1, 0.15) is 6.04 Å². The van der Waals surface area contributed by atoms with Crippen molar-refractivity contribution in [3.05, 3.63) is 0 Å². The minimum Gasteiger partial charge on any atom is -0.465 e. The number of carbonyl (C=O) groups is 1. The molecule has 0 saturated heterocycles. The van der Waals surface area contributed by atoms with Crippen molar-refractivity contribution in [3.63, 3.8) is 0 Å². The number of ether oxygens (including phenoxy) is 1. The average Bonchev–Trinajstić information content (AvgIpc) is 2.34. The summed E-state index contributed by atoms with van der Waals surface area (Å²) in [6.45, 7) is 12.5. The quantitative estimate of drug-likeness (QED) is 0.593. The van der Waals surface area contributed by atoms with Gasteiger partial charge in [0.25, 0.3) is 0 Å². The van der Waals surface area contributed by atoms with Crippen LogP contribution in [0.15, 0.2) is 0 Å². The second-order valence-corrected chi connectivity index (χ2v) is 4.07. The number of carbonyl (C=O) groups excluding carboxylic acids is 1. The number of hydrogen-bond donors (Lipinski definition) is 1. The zero-order valence-corrected chi connectivity index (χ0v) is 11.8. The zero-order chi connectivity index (χ0) is 13.1. The molecule has 4 nitrogen and oxygen atoms in total. The first-order valence-electron chi connectivity index (χ1n) is 6.81. The monoisotopic (exact) mass is 244 g/mol. The topological polar surface area (TPSA) is 41.6 Å². The Bertz CT molecular complexity index is 194. The second-order valence-electron chi connectivity index (χ2n) is 4.07. The summed E-state index contributed by atoms with van der Waals surface area (Å²) in [6.07, 6.45) is 1.85. The number of nitrogens with one attached hydrogen (secondary N) is 1. The van der Waals surface area contributed by atoms with Crippen molar-refractivity contribution in [3.8, 4) is 0 Å². The molecule has 0 aliphatic carbocycles. The van der Waals surface area contributed by atoms with Gasteiger partial charge in [0, 0.05) is 6.54 Å². The fourth-order valence-corrected chi connectivity index (χ4v) is 1.72. The predicted molar refractivity (Wildman–Crippen MR) is 71.1 cm³/mol. The van der Waals surface area contributed by atoms with E-state index >= 15 is 0 Å². The molecule has 0 saturated carbocycles. The second kappa shape index (κ2) is 10.5. The fourth-order valence-electron chi connectivity index (χ4n) is 1.72. The van der Waals surface area contributed by atoms with Crippen LogP contribution in [-0.4, -0.2) is 49.7 Å². The Morgan fingerprint density at radius 3 is 2.35 bits per heavy atom. The molecule has 1 atom stereocenters. The van der Waals surface area contributed by atoms with Gasteiger partial charge in [0.2, 0.25) is 0 Å². The molecule has 0 aromatic heterocycles. The highest BCUT2D eigenvalue weighted by Gasteiger charge is 2.19. The number of nitrogens with zero attached hydrogens (tertiary/aromatic N) is 1. The normalized spacial score (nSPS) is 12.8. The molecule has 102 valence electrons. The molecule has 1 N–H and O–H groups in total. The predicted octanol–water partition coefficient (Wildman–Crippen LogP) is 1.65. The van der Waals surface area contributed by atoms with Crippen LogP contribution in [0.25, 0.3) is 0 Å². The third-order valence-electron chi connectivity index (χ3n) is 2.84. The number of esters is 1. The summed E-state index contributed by atoms with van der Waals surface area (Å²) >= 11 is 0. The summed E-state index contributed by atoms with van der Waals surface area (Å²) in [5, 5.41) is 3.26. The number of rotatable bonds is 10. The van der Waals surface area contributed by atoms with Crippen molar-refractivity contribution in [2.45, 2.75) is 46.6 Å². The minimum absolute atomic E-state index is 0.117. The lowest BCUT2D eigenvalue weighted by Gasteiger charge is -2.22. The Balaban J connectivity index is 4.12. The molecule has 0 spiro atoms. The fraction of sp³-hybridized carbons (Fsp3) is 0.923. The standard InChI is InChI=1S/C13H28N2O2/c1-5-10-14-12(13(16)17-8-4)9-11-15(6-2)7-3/h12,14H,5-11H2,1-4H3. The van der Waals surface area contributed by atoms with E-state index in [0.717, 1.165) is 39.0 Å². The molecule has 0 bridgehead atoms. The average molecular weight is 244 g/mol. The van der Waals surface area contributed by atoms with E-state index in [9.17, 15) is 4.79 Å². The maximum Gasteiger partial charge on any atom is 0.323 e. The van der Waals surface area contributed by atoms with Gasteiger partial charge in [-0.3, -0.25) is 4.79 Å². The van der Waals surface area contributed by atoms with Crippen LogP contribution in [0.2, 0.25) is 0 Å². The first-order chi connectivity index (χ1) is 8.19. The third kappa shape index (κ3) is 7.34. The summed E-state index contributed by atoms with van der Waals surface area (Å²) in [6, 6.07) is -0.157. The van der Waals surface area contributed by atoms with Crippen LogP contribution in [0.4, 0.5) is 0 Å². The summed E-state index contributed by atoms with van der Waals surface area (Å²) in [5.41, 5.74) is 0. The van der Waals surface area contributed by atoms with E-state index in [2.05, 4.69) is 31.0 Å². The first-order valence-corrected chi connectivity index (χ1v) is 6.81. The van der Waals surface area contributed by atoms with Gasteiger partial charge in [-0.25, -0.2) is 0 Å². The van der Waals surface area contributed by atoms with Gasteiger partial charge >= 0.3 is 5.97 Å². The minimum atomic E-state index is -0.157. The molecule has 1 unspecified atom stereocenters. The summed E-state index contributed by atoms with van der Waals surface area (Å²) < 4.78 is 5.08. The molecule has 0 radical (unpaired) electrons. The van der Waals surface area contributed by atoms with Crippen molar-refractivity contribution < 1.29 is 9.53 Å². The van der Waals surface area contributed by atoms with E-state index in [1.54, 1.807) is 0 Å². The maximum absolute atomic E-state index is 11.7. The van der Waals surface area contributed by atoms with Gasteiger partial charge in [0.05, 0.1) is 6.61 Å². The molecule has 0 aliphatic heterocycles. The van der Waals surface area contributed by atoms with Crippen LogP contribution < -0.4 is 5.32 Å². The Hall–Kier alpha value is -0.610. The van der Waals surface area contributed by atoms with Crippen molar-refractivity contribution in [2.24, 2.45) is 0 Å². The summed E-state index contributed by atoms with van der Waals surface area (Å²) in [5.74, 6) is -0.117. The van der Waals surface area contributed by atoms with Gasteiger partial charge in [-0.05, 0) is 39.4 Å².